The molecule has 2 saturated carbocycles. The summed E-state index contributed by atoms with van der Waals surface area (Å²) in [4.78, 5) is 16.1. The Labute approximate surface area is 231 Å². The van der Waals surface area contributed by atoms with Crippen LogP contribution in [0.2, 0.25) is 0 Å². The number of hydrogen-bond donors (Lipinski definition) is 5. The van der Waals surface area contributed by atoms with Gasteiger partial charge in [0.1, 0.15) is 24.2 Å². The fraction of sp³-hybridized carbons (Fsp3) is 0.750. The van der Waals surface area contributed by atoms with E-state index < -0.39 is 6.17 Å². The average molecular weight is 545 g/mol. The predicted octanol–water partition coefficient (Wildman–Crippen LogP) is 0.546. The first-order valence-corrected chi connectivity index (χ1v) is 14.8. The fourth-order valence-corrected chi connectivity index (χ4v) is 7.52. The third-order valence-corrected chi connectivity index (χ3v) is 9.70. The fourth-order valence-electron chi connectivity index (χ4n) is 7.52. The standard InChI is InChI=1S/C28H45FN8O2/c1-3-25(38)36-12-10-35(11-13-36)22-6-5-21-26(27(22)29)28(32-16-30-21)34-19-4-7-23(18(2)14-19)39-20-8-9-37-24(15-20)31-17-33-37/h3,8-9,15,18-19,21-24,26-28,30-34H,1,4-7,10-14,16-17H2,2H3. The summed E-state index contributed by atoms with van der Waals surface area (Å²) in [5, 5.41) is 16.4. The van der Waals surface area contributed by atoms with Crippen molar-refractivity contribution in [2.75, 3.05) is 39.5 Å². The zero-order chi connectivity index (χ0) is 26.9. The van der Waals surface area contributed by atoms with Gasteiger partial charge >= 0.3 is 0 Å². The second kappa shape index (κ2) is 11.8. The normalized spacial score (nSPS) is 41.0. The maximum atomic E-state index is 16.3. The lowest BCUT2D eigenvalue weighted by atomic mass is 9.75. The molecule has 5 N–H and O–H groups in total. The number of allylic oxidation sites excluding steroid dienone is 1. The van der Waals surface area contributed by atoms with Gasteiger partial charge < -0.3 is 15.0 Å². The maximum absolute atomic E-state index is 16.3. The van der Waals surface area contributed by atoms with Crippen molar-refractivity contribution in [3.63, 3.8) is 0 Å². The van der Waals surface area contributed by atoms with E-state index in [2.05, 4.69) is 51.2 Å². The Morgan fingerprint density at radius 1 is 1.13 bits per heavy atom. The molecule has 5 fully saturated rings. The van der Waals surface area contributed by atoms with Gasteiger partial charge in [-0.3, -0.25) is 30.7 Å². The third-order valence-electron chi connectivity index (χ3n) is 9.70. The van der Waals surface area contributed by atoms with Crippen LogP contribution >= 0.6 is 0 Å². The number of halogens is 1. The smallest absolute Gasteiger partial charge is 0.246 e. The highest BCUT2D eigenvalue weighted by molar-refractivity contribution is 5.87. The highest BCUT2D eigenvalue weighted by Crippen LogP contribution is 2.36. The molecular formula is C28H45FN8O2. The minimum absolute atomic E-state index is 0.0313. The number of amides is 1. The van der Waals surface area contributed by atoms with Crippen LogP contribution in [-0.4, -0.2) is 103 Å². The van der Waals surface area contributed by atoms with Crippen LogP contribution in [0.1, 0.15) is 39.0 Å². The highest BCUT2D eigenvalue weighted by atomic mass is 19.1. The van der Waals surface area contributed by atoms with Crippen molar-refractivity contribution in [2.24, 2.45) is 11.8 Å². The van der Waals surface area contributed by atoms with Crippen molar-refractivity contribution in [1.82, 2.24) is 41.5 Å². The molecular weight excluding hydrogens is 499 g/mol. The summed E-state index contributed by atoms with van der Waals surface area (Å²) in [7, 11) is 0. The van der Waals surface area contributed by atoms with Crippen molar-refractivity contribution >= 4 is 5.91 Å². The number of carbonyl (C=O) groups excluding carboxylic acids is 1. The summed E-state index contributed by atoms with van der Waals surface area (Å²) in [6.45, 7) is 10.1. The molecule has 0 aromatic carbocycles. The largest absolute Gasteiger partial charge is 0.490 e. The minimum atomic E-state index is -0.927. The second-order valence-corrected chi connectivity index (χ2v) is 12.0. The molecule has 2 aliphatic carbocycles. The van der Waals surface area contributed by atoms with Crippen LogP contribution in [0.3, 0.4) is 0 Å². The first kappa shape index (κ1) is 27.2. The van der Waals surface area contributed by atoms with Gasteiger partial charge in [0.25, 0.3) is 0 Å². The monoisotopic (exact) mass is 544 g/mol. The van der Waals surface area contributed by atoms with Crippen molar-refractivity contribution < 1.29 is 13.9 Å². The topological polar surface area (TPSA) is 96.2 Å². The first-order chi connectivity index (χ1) is 19.0. The molecule has 0 spiro atoms. The van der Waals surface area contributed by atoms with Gasteiger partial charge in [-0.25, -0.2) is 9.82 Å². The number of carbonyl (C=O) groups is 1. The summed E-state index contributed by atoms with van der Waals surface area (Å²) in [6.07, 6.45) is 11.8. The lowest BCUT2D eigenvalue weighted by Crippen LogP contribution is -2.70. The average Bonchev–Trinajstić information content (AvgIpc) is 3.43. The summed E-state index contributed by atoms with van der Waals surface area (Å²) in [5.41, 5.74) is 3.26. The number of nitrogens with zero attached hydrogens (tertiary/aromatic N) is 3. The van der Waals surface area contributed by atoms with Crippen LogP contribution in [0.15, 0.2) is 36.8 Å². The van der Waals surface area contributed by atoms with Gasteiger partial charge in [-0.1, -0.05) is 13.5 Å². The van der Waals surface area contributed by atoms with E-state index in [4.69, 9.17) is 4.74 Å². The SMILES string of the molecule is C=CC(=O)N1CCN(C2CCC3NCNC(NC4CCC(OC5=CC6NCNN6C=C5)C(C)C4)C3C2F)CC1. The summed E-state index contributed by atoms with van der Waals surface area (Å²) < 4.78 is 22.7. The lowest BCUT2D eigenvalue weighted by Gasteiger charge is -2.51. The van der Waals surface area contributed by atoms with E-state index in [9.17, 15) is 4.79 Å². The van der Waals surface area contributed by atoms with E-state index in [1.165, 1.54) is 6.08 Å². The molecule has 1 amide bonds. The summed E-state index contributed by atoms with van der Waals surface area (Å²) in [5.74, 6) is 1.19. The quantitative estimate of drug-likeness (QED) is 0.307. The number of alkyl halides is 1. The number of rotatable bonds is 6. The van der Waals surface area contributed by atoms with E-state index in [0.29, 0.717) is 31.7 Å². The van der Waals surface area contributed by atoms with Crippen LogP contribution in [0.25, 0.3) is 0 Å². The van der Waals surface area contributed by atoms with Gasteiger partial charge in [-0.05, 0) is 56.3 Å². The Morgan fingerprint density at radius 3 is 2.77 bits per heavy atom. The van der Waals surface area contributed by atoms with Gasteiger partial charge in [0.05, 0.1) is 12.8 Å². The molecule has 11 heteroatoms. The number of hydrazine groups is 1. The molecule has 9 atom stereocenters. The molecule has 6 rings (SSSR count). The number of hydrogen-bond acceptors (Lipinski definition) is 9. The molecule has 0 aromatic heterocycles. The van der Waals surface area contributed by atoms with Crippen LogP contribution < -0.4 is 26.7 Å². The number of piperazine rings is 1. The van der Waals surface area contributed by atoms with Crippen LogP contribution in [0.4, 0.5) is 4.39 Å². The lowest BCUT2D eigenvalue weighted by molar-refractivity contribution is -0.128. The third kappa shape index (κ3) is 5.75. The van der Waals surface area contributed by atoms with Crippen molar-refractivity contribution in [3.8, 4) is 0 Å². The Morgan fingerprint density at radius 2 is 1.97 bits per heavy atom. The van der Waals surface area contributed by atoms with Crippen molar-refractivity contribution in [2.45, 2.75) is 81.8 Å². The van der Waals surface area contributed by atoms with Crippen LogP contribution in [-0.2, 0) is 9.53 Å². The molecule has 216 valence electrons. The predicted molar refractivity (Wildman–Crippen MR) is 147 cm³/mol. The Bertz CT molecular complexity index is 956. The molecule has 3 saturated heterocycles. The molecule has 6 aliphatic rings. The second-order valence-electron chi connectivity index (χ2n) is 12.0. The van der Waals surface area contributed by atoms with Gasteiger partial charge in [0.2, 0.25) is 5.91 Å². The van der Waals surface area contributed by atoms with E-state index in [0.717, 1.165) is 57.6 Å². The molecule has 0 bridgehead atoms. The first-order valence-electron chi connectivity index (χ1n) is 14.8. The Kier molecular flexibility index (Phi) is 8.25. The maximum Gasteiger partial charge on any atom is 0.246 e. The molecule has 4 aliphatic heterocycles. The molecule has 39 heavy (non-hydrogen) atoms. The number of nitrogens with one attached hydrogen (secondary N) is 5. The zero-order valence-electron chi connectivity index (χ0n) is 23.0. The number of ether oxygens (including phenoxy) is 1. The molecule has 4 heterocycles. The van der Waals surface area contributed by atoms with Crippen LogP contribution in [0, 0.1) is 11.8 Å². The van der Waals surface area contributed by atoms with E-state index >= 15 is 4.39 Å². The summed E-state index contributed by atoms with van der Waals surface area (Å²) >= 11 is 0. The van der Waals surface area contributed by atoms with Crippen molar-refractivity contribution in [3.05, 3.63) is 36.8 Å². The molecule has 0 radical (unpaired) electrons. The Hall–Kier alpha value is -2.02. The highest BCUT2D eigenvalue weighted by Gasteiger charge is 2.48. The molecule has 10 nitrogen and oxygen atoms in total. The van der Waals surface area contributed by atoms with Gasteiger partial charge in [0, 0.05) is 63.1 Å². The van der Waals surface area contributed by atoms with Gasteiger partial charge in [-0.2, -0.15) is 0 Å². The number of fused-ring (bicyclic) bond motifs is 2. The minimum Gasteiger partial charge on any atom is -0.490 e. The Balaban J connectivity index is 1.03. The van der Waals surface area contributed by atoms with E-state index in [1.807, 2.05) is 22.2 Å². The van der Waals surface area contributed by atoms with E-state index in [1.54, 1.807) is 0 Å². The van der Waals surface area contributed by atoms with E-state index in [-0.39, 0.29) is 42.3 Å². The summed E-state index contributed by atoms with van der Waals surface area (Å²) in [6, 6.07) is 0.418. The molecule has 0 aromatic rings. The zero-order valence-corrected chi connectivity index (χ0v) is 23.0. The van der Waals surface area contributed by atoms with Gasteiger partial charge in [0.15, 0.2) is 0 Å². The van der Waals surface area contributed by atoms with Crippen molar-refractivity contribution in [1.29, 1.82) is 0 Å². The molecule has 9 unspecified atom stereocenters. The van der Waals surface area contributed by atoms with Crippen LogP contribution in [0.5, 0.6) is 0 Å². The van der Waals surface area contributed by atoms with Gasteiger partial charge in [-0.15, -0.1) is 0 Å².